The molecule has 2 atom stereocenters. The highest BCUT2D eigenvalue weighted by Crippen LogP contribution is 2.49. The van der Waals surface area contributed by atoms with Crippen molar-refractivity contribution in [1.82, 2.24) is 15.5 Å². The van der Waals surface area contributed by atoms with E-state index >= 15 is 0 Å². The molecule has 0 bridgehead atoms. The van der Waals surface area contributed by atoms with Gasteiger partial charge in [0.2, 0.25) is 5.91 Å². The number of nitrogens with zero attached hydrogens (tertiary/aromatic N) is 1. The molecule has 2 unspecified atom stereocenters. The summed E-state index contributed by atoms with van der Waals surface area (Å²) in [6.07, 6.45) is 0.496. The zero-order valence-corrected chi connectivity index (χ0v) is 17.7. The van der Waals surface area contributed by atoms with Gasteiger partial charge < -0.3 is 26.0 Å². The van der Waals surface area contributed by atoms with E-state index in [2.05, 4.69) is 10.6 Å². The van der Waals surface area contributed by atoms with Crippen molar-refractivity contribution in [3.05, 3.63) is 35.4 Å². The molecule has 1 aromatic rings. The molecule has 7 heteroatoms. The Labute approximate surface area is 168 Å². The molecular weight excluding hydrogens is 356 g/mol. The molecular formula is C21H34N4O3. The van der Waals surface area contributed by atoms with E-state index in [1.807, 2.05) is 51.9 Å². The second-order valence-electron chi connectivity index (χ2n) is 8.28. The lowest BCUT2D eigenvalue weighted by Crippen LogP contribution is -2.75. The van der Waals surface area contributed by atoms with Crippen LogP contribution in [0, 0.1) is 5.41 Å². The van der Waals surface area contributed by atoms with Gasteiger partial charge in [0, 0.05) is 43.6 Å². The van der Waals surface area contributed by atoms with Crippen molar-refractivity contribution in [2.45, 2.75) is 45.4 Å². The molecule has 1 saturated carbocycles. The quantitative estimate of drug-likeness (QED) is 0.587. The zero-order chi connectivity index (χ0) is 20.9. The minimum atomic E-state index is -0.950. The standard InChI is InChI=1S/C21H34N4O3/c1-6-28-17-13-21(22,20(17,2)3)19(27)24-14-15-8-7-9-16(12-15)18(26)23-10-11-25(4)5/h7-9,12,17H,6,10-11,13-14,22H2,1-5H3,(H,23,26)(H,24,27). The zero-order valence-electron chi connectivity index (χ0n) is 17.7. The molecule has 28 heavy (non-hydrogen) atoms. The van der Waals surface area contributed by atoms with E-state index in [0.717, 1.165) is 12.1 Å². The number of amides is 2. The number of rotatable bonds is 9. The van der Waals surface area contributed by atoms with Gasteiger partial charge in [-0.05, 0) is 38.7 Å². The van der Waals surface area contributed by atoms with Crippen LogP contribution in [0.2, 0.25) is 0 Å². The van der Waals surface area contributed by atoms with E-state index in [0.29, 0.717) is 31.7 Å². The van der Waals surface area contributed by atoms with Crippen molar-refractivity contribution >= 4 is 11.8 Å². The van der Waals surface area contributed by atoms with E-state index in [9.17, 15) is 9.59 Å². The van der Waals surface area contributed by atoms with Crippen LogP contribution in [0.1, 0.15) is 43.1 Å². The summed E-state index contributed by atoms with van der Waals surface area (Å²) in [7, 11) is 3.92. The van der Waals surface area contributed by atoms with Gasteiger partial charge in [-0.15, -0.1) is 0 Å². The largest absolute Gasteiger partial charge is 0.378 e. The fraction of sp³-hybridized carbons (Fsp3) is 0.619. The van der Waals surface area contributed by atoms with Crippen LogP contribution in [0.25, 0.3) is 0 Å². The third-order valence-electron chi connectivity index (χ3n) is 5.72. The van der Waals surface area contributed by atoms with Gasteiger partial charge in [0.05, 0.1) is 6.10 Å². The van der Waals surface area contributed by atoms with Crippen LogP contribution >= 0.6 is 0 Å². The van der Waals surface area contributed by atoms with Gasteiger partial charge in [-0.25, -0.2) is 0 Å². The summed E-state index contributed by atoms with van der Waals surface area (Å²) in [4.78, 5) is 27.0. The first-order valence-corrected chi connectivity index (χ1v) is 9.82. The molecule has 7 nitrogen and oxygen atoms in total. The predicted octanol–water partition coefficient (Wildman–Crippen LogP) is 1.13. The van der Waals surface area contributed by atoms with Crippen LogP contribution in [0.3, 0.4) is 0 Å². The van der Waals surface area contributed by atoms with Gasteiger partial charge in [0.15, 0.2) is 0 Å². The molecule has 156 valence electrons. The third kappa shape index (κ3) is 4.71. The molecule has 1 aliphatic carbocycles. The lowest BCUT2D eigenvalue weighted by atomic mass is 9.54. The van der Waals surface area contributed by atoms with E-state index < -0.39 is 11.0 Å². The van der Waals surface area contributed by atoms with Crippen LogP contribution in [-0.4, -0.2) is 62.1 Å². The van der Waals surface area contributed by atoms with Crippen LogP contribution in [0.4, 0.5) is 0 Å². The smallest absolute Gasteiger partial charge is 0.251 e. The van der Waals surface area contributed by atoms with Gasteiger partial charge in [-0.2, -0.15) is 0 Å². The van der Waals surface area contributed by atoms with Gasteiger partial charge in [0.25, 0.3) is 5.91 Å². The number of nitrogens with one attached hydrogen (secondary N) is 2. The second-order valence-corrected chi connectivity index (χ2v) is 8.28. The minimum absolute atomic E-state index is 0.0116. The molecule has 2 amide bonds. The Morgan fingerprint density at radius 3 is 2.61 bits per heavy atom. The van der Waals surface area contributed by atoms with E-state index in [1.165, 1.54) is 0 Å². The SMILES string of the molecule is CCOC1CC(N)(C(=O)NCc2cccc(C(=O)NCCN(C)C)c2)C1(C)C. The number of hydrogen-bond acceptors (Lipinski definition) is 5. The van der Waals surface area contributed by atoms with Crippen molar-refractivity contribution < 1.29 is 14.3 Å². The first kappa shape index (κ1) is 22.3. The molecule has 1 aromatic carbocycles. The normalized spacial score (nSPS) is 23.2. The average molecular weight is 391 g/mol. The summed E-state index contributed by atoms with van der Waals surface area (Å²) in [5.74, 6) is -0.306. The summed E-state index contributed by atoms with van der Waals surface area (Å²) in [5, 5.41) is 5.82. The maximum atomic E-state index is 12.7. The van der Waals surface area contributed by atoms with Crippen LogP contribution in [-0.2, 0) is 16.1 Å². The van der Waals surface area contributed by atoms with Crippen molar-refractivity contribution in [2.75, 3.05) is 33.8 Å². The summed E-state index contributed by atoms with van der Waals surface area (Å²) in [6, 6.07) is 7.26. The van der Waals surface area contributed by atoms with Gasteiger partial charge >= 0.3 is 0 Å². The summed E-state index contributed by atoms with van der Waals surface area (Å²) < 4.78 is 5.68. The van der Waals surface area contributed by atoms with Crippen LogP contribution in [0.5, 0.6) is 0 Å². The van der Waals surface area contributed by atoms with E-state index in [-0.39, 0.29) is 17.9 Å². The van der Waals surface area contributed by atoms with E-state index in [4.69, 9.17) is 10.5 Å². The lowest BCUT2D eigenvalue weighted by molar-refractivity contribution is -0.170. The molecule has 0 saturated heterocycles. The second kappa shape index (κ2) is 9.03. The van der Waals surface area contributed by atoms with Crippen molar-refractivity contribution in [2.24, 2.45) is 11.1 Å². The molecule has 4 N–H and O–H groups in total. The highest BCUT2D eigenvalue weighted by molar-refractivity contribution is 5.94. The fourth-order valence-corrected chi connectivity index (χ4v) is 3.48. The topological polar surface area (TPSA) is 96.7 Å². The fourth-order valence-electron chi connectivity index (χ4n) is 3.48. The van der Waals surface area contributed by atoms with Crippen molar-refractivity contribution in [1.29, 1.82) is 0 Å². The number of benzene rings is 1. The van der Waals surface area contributed by atoms with Crippen LogP contribution in [0.15, 0.2) is 24.3 Å². The molecule has 1 fully saturated rings. The number of nitrogens with two attached hydrogens (primary N) is 1. The molecule has 1 aliphatic rings. The summed E-state index contributed by atoms with van der Waals surface area (Å²) >= 11 is 0. The van der Waals surface area contributed by atoms with Crippen LogP contribution < -0.4 is 16.4 Å². The Morgan fingerprint density at radius 1 is 1.29 bits per heavy atom. The number of hydrogen-bond donors (Lipinski definition) is 3. The van der Waals surface area contributed by atoms with Gasteiger partial charge in [-0.1, -0.05) is 26.0 Å². The molecule has 0 spiro atoms. The minimum Gasteiger partial charge on any atom is -0.378 e. The average Bonchev–Trinajstić information content (AvgIpc) is 2.65. The molecule has 0 aliphatic heterocycles. The lowest BCUT2D eigenvalue weighted by Gasteiger charge is -2.57. The Kier molecular flexibility index (Phi) is 7.20. The number of carbonyl (C=O) groups is 2. The Hall–Kier alpha value is -1.96. The van der Waals surface area contributed by atoms with Gasteiger partial charge in [-0.3, -0.25) is 9.59 Å². The maximum absolute atomic E-state index is 12.7. The highest BCUT2D eigenvalue weighted by atomic mass is 16.5. The number of carbonyl (C=O) groups excluding carboxylic acids is 2. The Balaban J connectivity index is 1.92. The first-order chi connectivity index (χ1) is 13.1. The number of likely N-dealkylation sites (N-methyl/N-ethyl adjacent to an activating group) is 1. The van der Waals surface area contributed by atoms with E-state index in [1.54, 1.807) is 12.1 Å². The summed E-state index contributed by atoms with van der Waals surface area (Å²) in [6.45, 7) is 8.17. The van der Waals surface area contributed by atoms with Crippen molar-refractivity contribution in [3.8, 4) is 0 Å². The molecule has 2 rings (SSSR count). The predicted molar refractivity (Wildman–Crippen MR) is 110 cm³/mol. The first-order valence-electron chi connectivity index (χ1n) is 9.82. The molecule has 0 aromatic heterocycles. The maximum Gasteiger partial charge on any atom is 0.251 e. The number of ether oxygens (including phenoxy) is 1. The summed E-state index contributed by atoms with van der Waals surface area (Å²) in [5.41, 5.74) is 6.46. The Bertz CT molecular complexity index is 705. The third-order valence-corrected chi connectivity index (χ3v) is 5.72. The molecule has 0 radical (unpaired) electrons. The highest BCUT2D eigenvalue weighted by Gasteiger charge is 2.62. The molecule has 0 heterocycles. The van der Waals surface area contributed by atoms with Gasteiger partial charge in [0.1, 0.15) is 5.54 Å². The van der Waals surface area contributed by atoms with Crippen molar-refractivity contribution in [3.63, 3.8) is 0 Å². The Morgan fingerprint density at radius 2 is 2.00 bits per heavy atom. The monoisotopic (exact) mass is 390 g/mol.